The zero-order valence-corrected chi connectivity index (χ0v) is 14.8. The number of rotatable bonds is 2. The maximum Gasteiger partial charge on any atom is 0.497 e. The van der Waals surface area contributed by atoms with Crippen LogP contribution in [0.3, 0.4) is 0 Å². The minimum absolute atomic E-state index is 0.365. The molecule has 1 aliphatic rings. The van der Waals surface area contributed by atoms with Gasteiger partial charge in [0.25, 0.3) is 0 Å². The summed E-state index contributed by atoms with van der Waals surface area (Å²) in [5.41, 5.74) is 2.36. The number of methoxy groups -OCH3 is 1. The Morgan fingerprint density at radius 1 is 0.958 bits per heavy atom. The molecule has 0 bridgehead atoms. The molecule has 0 amide bonds. The van der Waals surface area contributed by atoms with Crippen LogP contribution in [0.2, 0.25) is 0 Å². The van der Waals surface area contributed by atoms with E-state index in [0.717, 1.165) is 33.0 Å². The van der Waals surface area contributed by atoms with Crippen LogP contribution in [0.4, 0.5) is 0 Å². The van der Waals surface area contributed by atoms with Gasteiger partial charge in [0.05, 0.1) is 18.3 Å². The van der Waals surface area contributed by atoms with Gasteiger partial charge in [0.2, 0.25) is 0 Å². The van der Waals surface area contributed by atoms with E-state index in [1.807, 2.05) is 24.3 Å². The van der Waals surface area contributed by atoms with Gasteiger partial charge >= 0.3 is 7.12 Å². The molecule has 5 heteroatoms. The van der Waals surface area contributed by atoms with Crippen molar-refractivity contribution in [1.29, 1.82) is 0 Å². The van der Waals surface area contributed by atoms with Crippen LogP contribution in [0, 0.1) is 0 Å². The second-order valence-electron chi connectivity index (χ2n) is 7.37. The monoisotopic (exact) mass is 323 g/mol. The first-order valence-electron chi connectivity index (χ1n) is 8.27. The molecule has 24 heavy (non-hydrogen) atoms. The zero-order valence-electron chi connectivity index (χ0n) is 14.8. The largest absolute Gasteiger partial charge is 0.497 e. The Labute approximate surface area is 142 Å². The maximum absolute atomic E-state index is 6.24. The van der Waals surface area contributed by atoms with Crippen LogP contribution in [0.25, 0.3) is 21.8 Å². The molecule has 1 N–H and O–H groups in total. The fraction of sp³-hybridized carbons (Fsp3) is 0.368. The van der Waals surface area contributed by atoms with Crippen molar-refractivity contribution in [2.75, 3.05) is 7.11 Å². The SMILES string of the molecule is COc1ccc(B2OC(C)(C)C(C)(C)O2)c2[nH]c3ccccc3c12. The van der Waals surface area contributed by atoms with Gasteiger partial charge in [-0.3, -0.25) is 0 Å². The van der Waals surface area contributed by atoms with Crippen molar-refractivity contribution in [3.63, 3.8) is 0 Å². The molecule has 1 aromatic heterocycles. The summed E-state index contributed by atoms with van der Waals surface area (Å²) < 4.78 is 18.1. The normalized spacial score (nSPS) is 19.3. The molecule has 1 fully saturated rings. The molecule has 1 aliphatic heterocycles. The van der Waals surface area contributed by atoms with Crippen molar-refractivity contribution in [3.8, 4) is 5.75 Å². The van der Waals surface area contributed by atoms with Crippen LogP contribution in [-0.2, 0) is 9.31 Å². The fourth-order valence-electron chi connectivity index (χ4n) is 3.28. The quantitative estimate of drug-likeness (QED) is 0.733. The van der Waals surface area contributed by atoms with Crippen LogP contribution < -0.4 is 10.2 Å². The first kappa shape index (κ1) is 15.5. The summed E-state index contributed by atoms with van der Waals surface area (Å²) >= 11 is 0. The standard InChI is InChI=1S/C19H22BNO3/c1-18(2)19(3,4)24-20(23-18)13-10-11-15(22-5)16-12-8-6-7-9-14(12)21-17(13)16/h6-11,21H,1-5H3. The van der Waals surface area contributed by atoms with Crippen molar-refractivity contribution >= 4 is 34.4 Å². The zero-order chi connectivity index (χ0) is 17.1. The Balaban J connectivity index is 1.95. The van der Waals surface area contributed by atoms with Crippen LogP contribution in [0.15, 0.2) is 36.4 Å². The maximum atomic E-state index is 6.24. The molecular weight excluding hydrogens is 301 g/mol. The molecule has 4 nitrogen and oxygen atoms in total. The minimum atomic E-state index is -0.406. The number of nitrogens with one attached hydrogen (secondary N) is 1. The minimum Gasteiger partial charge on any atom is -0.496 e. The van der Waals surface area contributed by atoms with Crippen molar-refractivity contribution < 1.29 is 14.0 Å². The molecule has 0 saturated carbocycles. The van der Waals surface area contributed by atoms with Gasteiger partial charge in [-0.1, -0.05) is 24.3 Å². The molecule has 0 radical (unpaired) electrons. The Bertz CT molecular complexity index is 913. The summed E-state index contributed by atoms with van der Waals surface area (Å²) in [6.45, 7) is 8.27. The first-order chi connectivity index (χ1) is 11.3. The summed E-state index contributed by atoms with van der Waals surface area (Å²) in [6, 6.07) is 12.3. The van der Waals surface area contributed by atoms with E-state index in [9.17, 15) is 0 Å². The summed E-state index contributed by atoms with van der Waals surface area (Å²) in [5.74, 6) is 0.850. The fourth-order valence-corrected chi connectivity index (χ4v) is 3.28. The second-order valence-corrected chi connectivity index (χ2v) is 7.37. The van der Waals surface area contributed by atoms with Crippen LogP contribution in [0.1, 0.15) is 27.7 Å². The van der Waals surface area contributed by atoms with Gasteiger partial charge in [-0.05, 0) is 39.8 Å². The van der Waals surface area contributed by atoms with E-state index in [1.165, 1.54) is 0 Å². The number of para-hydroxylation sites is 1. The molecule has 4 rings (SSSR count). The highest BCUT2D eigenvalue weighted by Crippen LogP contribution is 2.38. The molecule has 0 unspecified atom stereocenters. The van der Waals surface area contributed by atoms with Crippen LogP contribution >= 0.6 is 0 Å². The summed E-state index contributed by atoms with van der Waals surface area (Å²) in [5, 5.41) is 2.21. The van der Waals surface area contributed by atoms with Gasteiger partial charge in [-0.2, -0.15) is 0 Å². The van der Waals surface area contributed by atoms with Gasteiger partial charge in [0, 0.05) is 27.3 Å². The van der Waals surface area contributed by atoms with Gasteiger partial charge < -0.3 is 19.0 Å². The highest BCUT2D eigenvalue weighted by atomic mass is 16.7. The summed E-state index contributed by atoms with van der Waals surface area (Å²) in [7, 11) is 1.29. The molecule has 2 aromatic carbocycles. The van der Waals surface area contributed by atoms with Crippen molar-refractivity contribution in [2.24, 2.45) is 0 Å². The summed E-state index contributed by atoms with van der Waals surface area (Å²) in [6.07, 6.45) is 0. The van der Waals surface area contributed by atoms with Gasteiger partial charge in [-0.15, -0.1) is 0 Å². The molecule has 1 saturated heterocycles. The van der Waals surface area contributed by atoms with E-state index in [4.69, 9.17) is 14.0 Å². The van der Waals surface area contributed by atoms with Gasteiger partial charge in [-0.25, -0.2) is 0 Å². The highest BCUT2D eigenvalue weighted by Gasteiger charge is 2.52. The molecule has 124 valence electrons. The van der Waals surface area contributed by atoms with E-state index in [1.54, 1.807) is 7.11 Å². The smallest absolute Gasteiger partial charge is 0.496 e. The number of aromatic amines is 1. The number of fused-ring (bicyclic) bond motifs is 3. The van der Waals surface area contributed by atoms with E-state index in [-0.39, 0.29) is 11.2 Å². The first-order valence-corrected chi connectivity index (χ1v) is 8.27. The molecule has 0 atom stereocenters. The predicted molar refractivity (Wildman–Crippen MR) is 98.1 cm³/mol. The number of benzene rings is 2. The molecule has 0 aliphatic carbocycles. The van der Waals surface area contributed by atoms with E-state index < -0.39 is 7.12 Å². The summed E-state index contributed by atoms with van der Waals surface area (Å²) in [4.78, 5) is 3.51. The average molecular weight is 323 g/mol. The van der Waals surface area contributed by atoms with Gasteiger partial charge in [0.15, 0.2) is 0 Å². The van der Waals surface area contributed by atoms with E-state index in [0.29, 0.717) is 0 Å². The number of ether oxygens (including phenoxy) is 1. The Morgan fingerprint density at radius 2 is 1.62 bits per heavy atom. The lowest BCUT2D eigenvalue weighted by Gasteiger charge is -2.32. The second kappa shape index (κ2) is 5.01. The topological polar surface area (TPSA) is 43.5 Å². The van der Waals surface area contributed by atoms with E-state index in [2.05, 4.69) is 44.8 Å². The lowest BCUT2D eigenvalue weighted by molar-refractivity contribution is 0.00578. The third-order valence-electron chi connectivity index (χ3n) is 5.38. The Kier molecular flexibility index (Phi) is 3.24. The molecule has 3 aromatic rings. The van der Waals surface area contributed by atoms with E-state index >= 15 is 0 Å². The Morgan fingerprint density at radius 3 is 2.29 bits per heavy atom. The third kappa shape index (κ3) is 2.08. The molecule has 2 heterocycles. The lowest BCUT2D eigenvalue weighted by atomic mass is 9.77. The van der Waals surface area contributed by atoms with Crippen molar-refractivity contribution in [1.82, 2.24) is 4.98 Å². The van der Waals surface area contributed by atoms with Crippen molar-refractivity contribution in [2.45, 2.75) is 38.9 Å². The van der Waals surface area contributed by atoms with Crippen LogP contribution in [-0.4, -0.2) is 30.4 Å². The Hall–Kier alpha value is -1.98. The van der Waals surface area contributed by atoms with Crippen LogP contribution in [0.5, 0.6) is 5.75 Å². The number of hydrogen-bond acceptors (Lipinski definition) is 3. The van der Waals surface area contributed by atoms with Gasteiger partial charge in [0.1, 0.15) is 5.75 Å². The average Bonchev–Trinajstić information content (AvgIpc) is 3.01. The van der Waals surface area contributed by atoms with Crippen molar-refractivity contribution in [3.05, 3.63) is 36.4 Å². The molecular formula is C19H22BNO3. The predicted octanol–water partition coefficient (Wildman–Crippen LogP) is 3.63. The molecule has 0 spiro atoms. The number of hydrogen-bond donors (Lipinski definition) is 1. The number of H-pyrrole nitrogens is 1. The highest BCUT2D eigenvalue weighted by molar-refractivity contribution is 6.65. The third-order valence-corrected chi connectivity index (χ3v) is 5.38. The number of aromatic nitrogens is 1. The lowest BCUT2D eigenvalue weighted by Crippen LogP contribution is -2.41.